The highest BCUT2D eigenvalue weighted by Gasteiger charge is 2.32. The molecular formula is C31H32FN3O3. The Morgan fingerprint density at radius 3 is 2.50 bits per heavy atom. The van der Waals surface area contributed by atoms with Gasteiger partial charge in [-0.05, 0) is 70.2 Å². The van der Waals surface area contributed by atoms with Crippen LogP contribution in [0.5, 0.6) is 0 Å². The minimum absolute atomic E-state index is 0.160. The largest absolute Gasteiger partial charge is 0.386 e. The van der Waals surface area contributed by atoms with Gasteiger partial charge in [0.2, 0.25) is 0 Å². The average molecular weight is 514 g/mol. The van der Waals surface area contributed by atoms with E-state index in [-0.39, 0.29) is 17.8 Å². The van der Waals surface area contributed by atoms with E-state index in [0.717, 1.165) is 62.9 Å². The van der Waals surface area contributed by atoms with Crippen LogP contribution < -0.4 is 0 Å². The summed E-state index contributed by atoms with van der Waals surface area (Å²) in [7, 11) is 0. The normalized spacial score (nSPS) is 15.9. The molecule has 0 spiro atoms. The molecule has 0 amide bonds. The first kappa shape index (κ1) is 24.8. The number of aryl methyl sites for hydroxylation is 2. The van der Waals surface area contributed by atoms with E-state index in [1.807, 2.05) is 50.4 Å². The molecule has 6 rings (SSSR count). The van der Waals surface area contributed by atoms with Crippen molar-refractivity contribution in [2.24, 2.45) is 5.92 Å². The number of aromatic nitrogens is 3. The van der Waals surface area contributed by atoms with Crippen molar-refractivity contribution < 1.29 is 18.8 Å². The summed E-state index contributed by atoms with van der Waals surface area (Å²) in [5, 5.41) is 16.0. The second-order valence-corrected chi connectivity index (χ2v) is 10.9. The van der Waals surface area contributed by atoms with Gasteiger partial charge in [0.1, 0.15) is 11.6 Å². The van der Waals surface area contributed by atoms with Crippen LogP contribution in [0, 0.1) is 25.6 Å². The van der Waals surface area contributed by atoms with E-state index in [9.17, 15) is 5.11 Å². The molecule has 1 N–H and O–H groups in total. The van der Waals surface area contributed by atoms with Gasteiger partial charge in [-0.15, -0.1) is 0 Å². The molecule has 1 saturated heterocycles. The minimum atomic E-state index is -1.03. The third-order valence-electron chi connectivity index (χ3n) is 7.88. The van der Waals surface area contributed by atoms with E-state index >= 15 is 4.39 Å². The van der Waals surface area contributed by atoms with Gasteiger partial charge in [0.15, 0.2) is 0 Å². The van der Waals surface area contributed by atoms with Gasteiger partial charge in [-0.2, -0.15) is 0 Å². The lowest BCUT2D eigenvalue weighted by Crippen LogP contribution is -2.27. The maximum Gasteiger partial charge on any atom is 0.141 e. The zero-order chi connectivity index (χ0) is 26.6. The minimum Gasteiger partial charge on any atom is -0.386 e. The van der Waals surface area contributed by atoms with E-state index in [4.69, 9.17) is 14.2 Å². The highest BCUT2D eigenvalue weighted by Crippen LogP contribution is 2.43. The first-order valence-corrected chi connectivity index (χ1v) is 13.2. The summed E-state index contributed by atoms with van der Waals surface area (Å²) in [5.74, 6) is 0.658. The van der Waals surface area contributed by atoms with Crippen molar-refractivity contribution in [1.29, 1.82) is 0 Å². The summed E-state index contributed by atoms with van der Waals surface area (Å²) in [6, 6.07) is 14.9. The van der Waals surface area contributed by atoms with Gasteiger partial charge >= 0.3 is 0 Å². The summed E-state index contributed by atoms with van der Waals surface area (Å²) >= 11 is 0. The Labute approximate surface area is 221 Å². The second kappa shape index (κ2) is 9.33. The van der Waals surface area contributed by atoms with Crippen LogP contribution in [-0.2, 0) is 10.3 Å². The number of ether oxygens (including phenoxy) is 1. The molecule has 1 aliphatic rings. The molecule has 1 aliphatic heterocycles. The Balaban J connectivity index is 1.71. The number of benzene rings is 2. The number of aliphatic hydroxyl groups is 1. The molecule has 0 bridgehead atoms. The lowest BCUT2D eigenvalue weighted by Gasteiger charge is -2.33. The van der Waals surface area contributed by atoms with Crippen LogP contribution in [0.3, 0.4) is 0 Å². The molecule has 0 aliphatic carbocycles. The number of halogens is 1. The first-order valence-electron chi connectivity index (χ1n) is 13.2. The van der Waals surface area contributed by atoms with Crippen LogP contribution in [0.2, 0.25) is 0 Å². The number of fused-ring (bicyclic) bond motifs is 3. The molecule has 196 valence electrons. The van der Waals surface area contributed by atoms with Crippen molar-refractivity contribution in [3.8, 4) is 11.1 Å². The lowest BCUT2D eigenvalue weighted by atomic mass is 9.86. The molecule has 7 heteroatoms. The van der Waals surface area contributed by atoms with E-state index < -0.39 is 5.60 Å². The quantitative estimate of drug-likeness (QED) is 0.278. The molecule has 3 aromatic heterocycles. The molecule has 6 nitrogen and oxygen atoms in total. The summed E-state index contributed by atoms with van der Waals surface area (Å²) in [4.78, 5) is 4.93. The summed E-state index contributed by atoms with van der Waals surface area (Å²) < 4.78 is 28.9. The molecule has 5 aromatic rings. The molecule has 1 atom stereocenters. The van der Waals surface area contributed by atoms with Crippen LogP contribution in [0.15, 0.2) is 59.3 Å². The van der Waals surface area contributed by atoms with Crippen LogP contribution in [-0.4, -0.2) is 33.0 Å². The van der Waals surface area contributed by atoms with Crippen LogP contribution in [0.1, 0.15) is 55.3 Å². The van der Waals surface area contributed by atoms with Gasteiger partial charge in [0.25, 0.3) is 0 Å². The van der Waals surface area contributed by atoms with E-state index in [2.05, 4.69) is 15.8 Å². The molecule has 38 heavy (non-hydrogen) atoms. The van der Waals surface area contributed by atoms with Crippen LogP contribution >= 0.6 is 0 Å². The molecule has 0 saturated carbocycles. The fraction of sp³-hybridized carbons (Fsp3) is 0.355. The lowest BCUT2D eigenvalue weighted by molar-refractivity contribution is 0.0548. The van der Waals surface area contributed by atoms with Crippen molar-refractivity contribution in [2.75, 3.05) is 13.2 Å². The van der Waals surface area contributed by atoms with E-state index in [1.54, 1.807) is 19.9 Å². The zero-order valence-corrected chi connectivity index (χ0v) is 22.2. The smallest absolute Gasteiger partial charge is 0.141 e. The van der Waals surface area contributed by atoms with Crippen molar-refractivity contribution in [3.63, 3.8) is 0 Å². The first-order chi connectivity index (χ1) is 18.2. The van der Waals surface area contributed by atoms with Crippen molar-refractivity contribution in [2.45, 2.75) is 52.2 Å². The van der Waals surface area contributed by atoms with E-state index in [1.165, 1.54) is 6.07 Å². The Morgan fingerprint density at radius 2 is 1.82 bits per heavy atom. The van der Waals surface area contributed by atoms with Gasteiger partial charge in [-0.3, -0.25) is 4.98 Å². The fourth-order valence-electron chi connectivity index (χ4n) is 5.97. The highest BCUT2D eigenvalue weighted by molar-refractivity contribution is 6.07. The topological polar surface area (TPSA) is 73.3 Å². The summed E-state index contributed by atoms with van der Waals surface area (Å²) in [6.07, 6.45) is 3.50. The SMILES string of the molecule is Cc1noc(C)c1-c1cnc2c3ccc(C(C)(C)O)cc3n([C@H](c3ccccc3F)C3CCOCC3)c2c1. The fourth-order valence-corrected chi connectivity index (χ4v) is 5.97. The number of rotatable bonds is 5. The highest BCUT2D eigenvalue weighted by atomic mass is 19.1. The van der Waals surface area contributed by atoms with Crippen molar-refractivity contribution in [3.05, 3.63) is 83.1 Å². The molecule has 0 unspecified atom stereocenters. The molecule has 1 fully saturated rings. The van der Waals surface area contributed by atoms with Gasteiger partial charge < -0.3 is 18.9 Å². The van der Waals surface area contributed by atoms with Gasteiger partial charge in [-0.1, -0.05) is 35.5 Å². The molecule has 2 aromatic carbocycles. The predicted molar refractivity (Wildman–Crippen MR) is 146 cm³/mol. The van der Waals surface area contributed by atoms with Crippen molar-refractivity contribution in [1.82, 2.24) is 14.7 Å². The predicted octanol–water partition coefficient (Wildman–Crippen LogP) is 6.84. The van der Waals surface area contributed by atoms with E-state index in [0.29, 0.717) is 18.8 Å². The zero-order valence-electron chi connectivity index (χ0n) is 22.2. The molecular weight excluding hydrogens is 481 g/mol. The van der Waals surface area contributed by atoms with Gasteiger partial charge in [0, 0.05) is 41.5 Å². The Morgan fingerprint density at radius 1 is 1.05 bits per heavy atom. The number of hydrogen-bond acceptors (Lipinski definition) is 5. The summed E-state index contributed by atoms with van der Waals surface area (Å²) in [6.45, 7) is 8.66. The average Bonchev–Trinajstić information content (AvgIpc) is 3.41. The maximum absolute atomic E-state index is 15.5. The Kier molecular flexibility index (Phi) is 6.08. The van der Waals surface area contributed by atoms with Gasteiger partial charge in [0.05, 0.1) is 33.9 Å². The third kappa shape index (κ3) is 4.10. The van der Waals surface area contributed by atoms with Crippen molar-refractivity contribution >= 4 is 21.9 Å². The standard InChI is InChI=1S/C31H32FN3O3/c1-18-28(19(2)38-34-18)21-15-27-29(33-17-21)24-10-9-22(31(3,4)36)16-26(24)35(27)30(20-11-13-37-14-12-20)23-7-5-6-8-25(23)32/h5-10,15-17,20,30,36H,11-14H2,1-4H3/t30-/m0/s1. The van der Waals surface area contributed by atoms with Crippen LogP contribution in [0.4, 0.5) is 4.39 Å². The maximum atomic E-state index is 15.5. The third-order valence-corrected chi connectivity index (χ3v) is 7.88. The Bertz CT molecular complexity index is 1620. The molecule has 4 heterocycles. The van der Waals surface area contributed by atoms with Crippen LogP contribution in [0.25, 0.3) is 33.1 Å². The number of nitrogens with zero attached hydrogens (tertiary/aromatic N) is 3. The molecule has 0 radical (unpaired) electrons. The van der Waals surface area contributed by atoms with Gasteiger partial charge in [-0.25, -0.2) is 4.39 Å². The number of hydrogen-bond donors (Lipinski definition) is 1. The number of pyridine rings is 1. The Hall–Kier alpha value is -3.55. The monoisotopic (exact) mass is 513 g/mol. The second-order valence-electron chi connectivity index (χ2n) is 10.9. The summed E-state index contributed by atoms with van der Waals surface area (Å²) in [5.41, 5.74) is 5.69.